The summed E-state index contributed by atoms with van der Waals surface area (Å²) in [6.07, 6.45) is 0.773. The van der Waals surface area contributed by atoms with Gasteiger partial charge in [-0.3, -0.25) is 4.79 Å². The number of carbonyl (C=O) groups excluding carboxylic acids is 1. The molecule has 1 aromatic rings. The summed E-state index contributed by atoms with van der Waals surface area (Å²) in [6, 6.07) is 0. The average molecular weight is 170 g/mol. The minimum Gasteiger partial charge on any atom is -0.350 e. The van der Waals surface area contributed by atoms with Crippen molar-refractivity contribution in [2.75, 3.05) is 6.54 Å². The highest BCUT2D eigenvalue weighted by molar-refractivity contribution is 7.14. The number of rotatable bonds is 0. The molecule has 11 heavy (non-hydrogen) atoms. The van der Waals surface area contributed by atoms with Gasteiger partial charge in [0.15, 0.2) is 5.69 Å². The van der Waals surface area contributed by atoms with Crippen LogP contribution in [0.15, 0.2) is 0 Å². The molecule has 1 aliphatic heterocycles. The molecule has 1 aromatic heterocycles. The van der Waals surface area contributed by atoms with Gasteiger partial charge in [0.25, 0.3) is 5.91 Å². The molecule has 1 aliphatic rings. The fourth-order valence-electron chi connectivity index (χ4n) is 1.11. The second-order valence-electron chi connectivity index (χ2n) is 2.34. The first kappa shape index (κ1) is 6.73. The van der Waals surface area contributed by atoms with Crippen molar-refractivity contribution in [2.45, 2.75) is 6.42 Å². The van der Waals surface area contributed by atoms with Gasteiger partial charge in [0.05, 0.1) is 5.69 Å². The van der Waals surface area contributed by atoms with Crippen LogP contribution in [0.5, 0.6) is 0 Å². The second kappa shape index (κ2) is 2.27. The lowest BCUT2D eigenvalue weighted by Gasteiger charge is -2.10. The first-order valence-electron chi connectivity index (χ1n) is 3.27. The van der Waals surface area contributed by atoms with Crippen LogP contribution in [-0.2, 0) is 6.42 Å². The second-order valence-corrected chi connectivity index (χ2v) is 2.82. The summed E-state index contributed by atoms with van der Waals surface area (Å²) < 4.78 is 1.42. The van der Waals surface area contributed by atoms with Gasteiger partial charge in [0, 0.05) is 13.0 Å². The highest BCUT2D eigenvalue weighted by atomic mass is 31.0. The number of hydrogen-bond acceptors (Lipinski definition) is 3. The molecule has 6 heteroatoms. The summed E-state index contributed by atoms with van der Waals surface area (Å²) in [4.78, 5) is 11.1. The predicted molar refractivity (Wildman–Crippen MR) is 41.2 cm³/mol. The number of fused-ring (bicyclic) bond motifs is 1. The molecule has 0 spiro atoms. The van der Waals surface area contributed by atoms with Crippen LogP contribution in [0.4, 0.5) is 0 Å². The summed E-state index contributed by atoms with van der Waals surface area (Å²) in [5.74, 6) is -0.0914. The lowest BCUT2D eigenvalue weighted by atomic mass is 10.2. The maximum absolute atomic E-state index is 11.1. The zero-order valence-corrected chi connectivity index (χ0v) is 6.90. The maximum Gasteiger partial charge on any atom is 0.271 e. The van der Waals surface area contributed by atoms with Crippen molar-refractivity contribution in [3.8, 4) is 0 Å². The Labute approximate surface area is 65.4 Å². The molecule has 0 aliphatic carbocycles. The first-order valence-corrected chi connectivity index (χ1v) is 3.78. The van der Waals surface area contributed by atoms with Gasteiger partial charge in [-0.25, -0.2) is 4.45 Å². The molecular weight excluding hydrogens is 163 g/mol. The molecule has 0 saturated carbocycles. The minimum atomic E-state index is -0.0914. The third-order valence-corrected chi connectivity index (χ3v) is 1.99. The number of amides is 1. The Morgan fingerprint density at radius 2 is 2.45 bits per heavy atom. The third-order valence-electron chi connectivity index (χ3n) is 1.63. The Kier molecular flexibility index (Phi) is 1.39. The fraction of sp³-hybridized carbons (Fsp3) is 0.400. The number of aromatic nitrogens is 3. The van der Waals surface area contributed by atoms with E-state index in [1.165, 1.54) is 4.45 Å². The number of nitrogens with zero attached hydrogens (tertiary/aromatic N) is 3. The maximum atomic E-state index is 11.1. The van der Waals surface area contributed by atoms with E-state index in [0.29, 0.717) is 12.2 Å². The van der Waals surface area contributed by atoms with Crippen molar-refractivity contribution in [2.24, 2.45) is 0 Å². The molecule has 58 valence electrons. The molecule has 5 nitrogen and oxygen atoms in total. The van der Waals surface area contributed by atoms with Gasteiger partial charge in [0.1, 0.15) is 0 Å². The summed E-state index contributed by atoms with van der Waals surface area (Å²) >= 11 is 0. The first-order chi connectivity index (χ1) is 5.29. The Hall–Kier alpha value is -0.960. The van der Waals surface area contributed by atoms with Crippen LogP contribution in [0, 0.1) is 0 Å². The molecular formula is C5H7N4OP. The molecule has 1 unspecified atom stereocenters. The lowest BCUT2D eigenvalue weighted by Crippen LogP contribution is -2.32. The van der Waals surface area contributed by atoms with Crippen molar-refractivity contribution < 1.29 is 4.79 Å². The van der Waals surface area contributed by atoms with Crippen LogP contribution in [0.3, 0.4) is 0 Å². The molecule has 2 heterocycles. The van der Waals surface area contributed by atoms with Crippen molar-refractivity contribution in [3.63, 3.8) is 0 Å². The van der Waals surface area contributed by atoms with Crippen molar-refractivity contribution in [3.05, 3.63) is 11.4 Å². The van der Waals surface area contributed by atoms with Gasteiger partial charge in [-0.15, -0.1) is 5.10 Å². The van der Waals surface area contributed by atoms with Gasteiger partial charge in [-0.2, -0.15) is 0 Å². The minimum absolute atomic E-state index is 0.0914. The Bertz CT molecular complexity index is 307. The molecule has 0 fully saturated rings. The molecule has 0 bridgehead atoms. The molecule has 1 atom stereocenters. The van der Waals surface area contributed by atoms with Gasteiger partial charge in [0.2, 0.25) is 0 Å². The Morgan fingerprint density at radius 3 is 3.18 bits per heavy atom. The van der Waals surface area contributed by atoms with Crippen LogP contribution in [-0.4, -0.2) is 27.2 Å². The summed E-state index contributed by atoms with van der Waals surface area (Å²) in [6.45, 7) is 0.662. The van der Waals surface area contributed by atoms with E-state index in [-0.39, 0.29) is 5.91 Å². The monoisotopic (exact) mass is 170 g/mol. The summed E-state index contributed by atoms with van der Waals surface area (Å²) in [5, 5.41) is 10.3. The summed E-state index contributed by atoms with van der Waals surface area (Å²) in [5.41, 5.74) is 1.34. The van der Waals surface area contributed by atoms with Crippen molar-refractivity contribution in [1.82, 2.24) is 20.1 Å². The third kappa shape index (κ3) is 0.922. The fourth-order valence-corrected chi connectivity index (χ4v) is 1.43. The Morgan fingerprint density at radius 1 is 1.64 bits per heavy atom. The van der Waals surface area contributed by atoms with Gasteiger partial charge >= 0.3 is 0 Å². The highest BCUT2D eigenvalue weighted by Gasteiger charge is 2.21. The van der Waals surface area contributed by atoms with Crippen LogP contribution in [0.25, 0.3) is 0 Å². The van der Waals surface area contributed by atoms with Crippen LogP contribution >= 0.6 is 9.39 Å². The number of carbonyl (C=O) groups is 1. The van der Waals surface area contributed by atoms with E-state index >= 15 is 0 Å². The van der Waals surface area contributed by atoms with E-state index in [1.807, 2.05) is 0 Å². The van der Waals surface area contributed by atoms with Gasteiger partial charge < -0.3 is 5.32 Å². The van der Waals surface area contributed by atoms with Crippen LogP contribution in [0.1, 0.15) is 16.2 Å². The largest absolute Gasteiger partial charge is 0.350 e. The smallest absolute Gasteiger partial charge is 0.271 e. The van der Waals surface area contributed by atoms with E-state index in [0.717, 1.165) is 12.1 Å². The van der Waals surface area contributed by atoms with E-state index < -0.39 is 0 Å². The van der Waals surface area contributed by atoms with E-state index in [1.54, 1.807) is 0 Å². The SMILES string of the molecule is O=C1NCCc2nnn(P)c21. The Balaban J connectivity index is 2.56. The van der Waals surface area contributed by atoms with E-state index in [4.69, 9.17) is 0 Å². The molecule has 0 radical (unpaired) electrons. The van der Waals surface area contributed by atoms with Gasteiger partial charge in [-0.1, -0.05) is 5.21 Å². The quantitative estimate of drug-likeness (QED) is 0.518. The highest BCUT2D eigenvalue weighted by Crippen LogP contribution is 2.11. The van der Waals surface area contributed by atoms with Crippen LogP contribution in [0.2, 0.25) is 0 Å². The topological polar surface area (TPSA) is 59.8 Å². The summed E-state index contributed by atoms with van der Waals surface area (Å²) in [7, 11) is 2.32. The standard InChI is InChI=1S/C5H7N4OP/c10-5-4-3(1-2-6-5)7-8-9(4)11/h1-2,11H2,(H,6,10). The van der Waals surface area contributed by atoms with E-state index in [2.05, 4.69) is 25.0 Å². The molecule has 1 N–H and O–H groups in total. The van der Waals surface area contributed by atoms with Crippen LogP contribution < -0.4 is 5.32 Å². The zero-order chi connectivity index (χ0) is 7.84. The number of nitrogens with one attached hydrogen (secondary N) is 1. The van der Waals surface area contributed by atoms with Crippen molar-refractivity contribution >= 4 is 15.3 Å². The number of hydrogen-bond donors (Lipinski definition) is 1. The predicted octanol–water partition coefficient (Wildman–Crippen LogP) is -0.798. The lowest BCUT2D eigenvalue weighted by molar-refractivity contribution is 0.0939. The normalized spacial score (nSPS) is 15.9. The van der Waals surface area contributed by atoms with Gasteiger partial charge in [-0.05, 0) is 9.39 Å². The van der Waals surface area contributed by atoms with Crippen molar-refractivity contribution in [1.29, 1.82) is 0 Å². The molecule has 0 saturated heterocycles. The molecule has 2 rings (SSSR count). The molecule has 0 aromatic carbocycles. The van der Waals surface area contributed by atoms with E-state index in [9.17, 15) is 4.79 Å². The zero-order valence-electron chi connectivity index (χ0n) is 5.74. The average Bonchev–Trinajstić information content (AvgIpc) is 2.34. The molecule has 1 amide bonds.